The molecule has 0 aromatic carbocycles. The normalized spacial score (nSPS) is 12.6. The molecule has 0 aliphatic carbocycles. The Morgan fingerprint density at radius 2 is 2.05 bits per heavy atom. The van der Waals surface area contributed by atoms with Gasteiger partial charge in [-0.05, 0) is 33.8 Å². The van der Waals surface area contributed by atoms with Crippen LogP contribution in [-0.4, -0.2) is 19.9 Å². The Kier molecular flexibility index (Phi) is 7.10. The lowest BCUT2D eigenvalue weighted by atomic mass is 9.87. The Morgan fingerprint density at radius 1 is 1.38 bits per heavy atom. The van der Waals surface area contributed by atoms with E-state index in [1.165, 1.54) is 12.3 Å². The highest BCUT2D eigenvalue weighted by atomic mass is 79.9. The van der Waals surface area contributed by atoms with Crippen LogP contribution in [0, 0.1) is 5.41 Å². The Bertz CT molecular complexity index is 576. The van der Waals surface area contributed by atoms with Crippen LogP contribution in [0.25, 0.3) is 0 Å². The third-order valence-electron chi connectivity index (χ3n) is 3.26. The summed E-state index contributed by atoms with van der Waals surface area (Å²) >= 11 is 9.09. The quantitative estimate of drug-likeness (QED) is 0.523. The molecule has 0 saturated heterocycles. The fraction of sp³-hybridized carbons (Fsp3) is 0.643. The molecular weight excluding hydrogens is 376 g/mol. The first kappa shape index (κ1) is 18.9. The zero-order chi connectivity index (χ0) is 16.1. The van der Waals surface area contributed by atoms with Crippen molar-refractivity contribution in [1.82, 2.24) is 9.71 Å². The zero-order valence-electron chi connectivity index (χ0n) is 12.6. The molecule has 0 amide bonds. The Morgan fingerprint density at radius 3 is 2.67 bits per heavy atom. The SMILES string of the molecule is CCCCCC(C)(C)CNS(=O)(=O)c1cc(Br)cnc1Cl. The smallest absolute Gasteiger partial charge is 0.242 e. The molecule has 1 rings (SSSR count). The summed E-state index contributed by atoms with van der Waals surface area (Å²) in [7, 11) is -3.65. The fourth-order valence-corrected chi connectivity index (χ4v) is 4.09. The predicted octanol–water partition coefficient (Wildman–Crippen LogP) is 4.38. The molecule has 1 N–H and O–H groups in total. The van der Waals surface area contributed by atoms with E-state index in [1.807, 2.05) is 0 Å². The minimum atomic E-state index is -3.65. The lowest BCUT2D eigenvalue weighted by molar-refractivity contribution is 0.320. The first-order valence-electron chi connectivity index (χ1n) is 6.99. The van der Waals surface area contributed by atoms with Crippen molar-refractivity contribution in [3.63, 3.8) is 0 Å². The molecule has 0 bridgehead atoms. The van der Waals surface area contributed by atoms with Crippen LogP contribution in [0.2, 0.25) is 5.15 Å². The molecule has 0 unspecified atom stereocenters. The van der Waals surface area contributed by atoms with Gasteiger partial charge in [0.15, 0.2) is 0 Å². The molecule has 0 fully saturated rings. The maximum absolute atomic E-state index is 12.3. The summed E-state index contributed by atoms with van der Waals surface area (Å²) < 4.78 is 27.9. The van der Waals surface area contributed by atoms with Crippen molar-refractivity contribution in [1.29, 1.82) is 0 Å². The maximum Gasteiger partial charge on any atom is 0.243 e. The topological polar surface area (TPSA) is 59.1 Å². The van der Waals surface area contributed by atoms with E-state index in [4.69, 9.17) is 11.6 Å². The van der Waals surface area contributed by atoms with E-state index in [1.54, 1.807) is 0 Å². The molecule has 7 heteroatoms. The third kappa shape index (κ3) is 6.22. The lowest BCUT2D eigenvalue weighted by Gasteiger charge is -2.25. The summed E-state index contributed by atoms with van der Waals surface area (Å²) in [4.78, 5) is 3.85. The number of hydrogen-bond acceptors (Lipinski definition) is 3. The largest absolute Gasteiger partial charge is 0.243 e. The summed E-state index contributed by atoms with van der Waals surface area (Å²) in [5.74, 6) is 0. The van der Waals surface area contributed by atoms with Crippen LogP contribution >= 0.6 is 27.5 Å². The van der Waals surface area contributed by atoms with E-state index < -0.39 is 10.0 Å². The molecule has 1 heterocycles. The van der Waals surface area contributed by atoms with Crippen LogP contribution in [-0.2, 0) is 10.0 Å². The number of aromatic nitrogens is 1. The van der Waals surface area contributed by atoms with Gasteiger partial charge in [-0.3, -0.25) is 0 Å². The van der Waals surface area contributed by atoms with Gasteiger partial charge in [0, 0.05) is 17.2 Å². The number of halogens is 2. The number of rotatable bonds is 8. The molecule has 0 aliphatic heterocycles. The zero-order valence-corrected chi connectivity index (χ0v) is 15.8. The van der Waals surface area contributed by atoms with Crippen molar-refractivity contribution in [2.45, 2.75) is 51.3 Å². The first-order valence-corrected chi connectivity index (χ1v) is 9.64. The van der Waals surface area contributed by atoms with Gasteiger partial charge in [0.05, 0.1) is 0 Å². The molecule has 21 heavy (non-hydrogen) atoms. The van der Waals surface area contributed by atoms with Crippen molar-refractivity contribution in [3.8, 4) is 0 Å². The molecule has 0 saturated carbocycles. The summed E-state index contributed by atoms with van der Waals surface area (Å²) in [6, 6.07) is 1.46. The molecule has 0 radical (unpaired) electrons. The van der Waals surface area contributed by atoms with Crippen LogP contribution in [0.5, 0.6) is 0 Å². The summed E-state index contributed by atoms with van der Waals surface area (Å²) in [6.45, 7) is 6.65. The van der Waals surface area contributed by atoms with Gasteiger partial charge in [0.1, 0.15) is 10.0 Å². The number of nitrogens with one attached hydrogen (secondary N) is 1. The molecule has 0 spiro atoms. The second-order valence-electron chi connectivity index (χ2n) is 5.89. The maximum atomic E-state index is 12.3. The van der Waals surface area contributed by atoms with Crippen molar-refractivity contribution >= 4 is 37.6 Å². The van der Waals surface area contributed by atoms with E-state index in [2.05, 4.69) is 46.4 Å². The van der Waals surface area contributed by atoms with Gasteiger partial charge in [-0.1, -0.05) is 51.6 Å². The van der Waals surface area contributed by atoms with Gasteiger partial charge in [-0.15, -0.1) is 0 Å². The summed E-state index contributed by atoms with van der Waals surface area (Å²) in [5.41, 5.74) is -0.0891. The molecule has 1 aromatic heterocycles. The third-order valence-corrected chi connectivity index (χ3v) is 5.52. The van der Waals surface area contributed by atoms with E-state index in [9.17, 15) is 8.42 Å². The number of hydrogen-bond donors (Lipinski definition) is 1. The van der Waals surface area contributed by atoms with Crippen LogP contribution in [0.4, 0.5) is 0 Å². The summed E-state index contributed by atoms with van der Waals surface area (Å²) in [5, 5.41) is -0.0190. The molecule has 120 valence electrons. The standard InChI is InChI=1S/C14H22BrClN2O2S/c1-4-5-6-7-14(2,3)10-18-21(19,20)12-8-11(15)9-17-13(12)16/h8-9,18H,4-7,10H2,1-3H3. The van der Waals surface area contributed by atoms with Crippen molar-refractivity contribution in [3.05, 3.63) is 21.9 Å². The van der Waals surface area contributed by atoms with Crippen molar-refractivity contribution in [2.24, 2.45) is 5.41 Å². The van der Waals surface area contributed by atoms with E-state index >= 15 is 0 Å². The number of unbranched alkanes of at least 4 members (excludes halogenated alkanes) is 2. The Hall–Kier alpha value is -0.170. The second-order valence-corrected chi connectivity index (χ2v) is 8.90. The van der Waals surface area contributed by atoms with Gasteiger partial charge in [-0.25, -0.2) is 18.1 Å². The lowest BCUT2D eigenvalue weighted by Crippen LogP contribution is -2.34. The average molecular weight is 398 g/mol. The van der Waals surface area contributed by atoms with Gasteiger partial charge in [0.25, 0.3) is 0 Å². The van der Waals surface area contributed by atoms with Crippen molar-refractivity contribution < 1.29 is 8.42 Å². The number of nitrogens with zero attached hydrogens (tertiary/aromatic N) is 1. The number of pyridine rings is 1. The molecule has 4 nitrogen and oxygen atoms in total. The van der Waals surface area contributed by atoms with Crippen LogP contribution in [0.1, 0.15) is 46.5 Å². The average Bonchev–Trinajstić information content (AvgIpc) is 2.40. The number of sulfonamides is 1. The fourth-order valence-electron chi connectivity index (χ4n) is 1.90. The minimum absolute atomic E-state index is 0.00269. The molecular formula is C14H22BrClN2O2S. The van der Waals surface area contributed by atoms with Crippen LogP contribution in [0.3, 0.4) is 0 Å². The highest BCUT2D eigenvalue weighted by Gasteiger charge is 2.24. The van der Waals surface area contributed by atoms with Crippen molar-refractivity contribution in [2.75, 3.05) is 6.54 Å². The summed E-state index contributed by atoms with van der Waals surface area (Å²) in [6.07, 6.45) is 5.87. The predicted molar refractivity (Wildman–Crippen MR) is 90.1 cm³/mol. The monoisotopic (exact) mass is 396 g/mol. The molecule has 0 aliphatic rings. The van der Waals surface area contributed by atoms with E-state index in [0.29, 0.717) is 11.0 Å². The van der Waals surface area contributed by atoms with Gasteiger partial charge < -0.3 is 0 Å². The first-order chi connectivity index (χ1) is 9.68. The van der Waals surface area contributed by atoms with Crippen LogP contribution in [0.15, 0.2) is 21.6 Å². The molecule has 1 aromatic rings. The van der Waals surface area contributed by atoms with Gasteiger partial charge in [-0.2, -0.15) is 0 Å². The highest BCUT2D eigenvalue weighted by Crippen LogP contribution is 2.26. The minimum Gasteiger partial charge on any atom is -0.242 e. The highest BCUT2D eigenvalue weighted by molar-refractivity contribution is 9.10. The van der Waals surface area contributed by atoms with E-state index in [0.717, 1.165) is 25.7 Å². The van der Waals surface area contributed by atoms with E-state index in [-0.39, 0.29) is 15.5 Å². The molecule has 0 atom stereocenters. The van der Waals surface area contributed by atoms with Crippen LogP contribution < -0.4 is 4.72 Å². The Balaban J connectivity index is 2.75. The second kappa shape index (κ2) is 7.90. The Labute approximate surface area is 140 Å². The van der Waals surface area contributed by atoms with Gasteiger partial charge >= 0.3 is 0 Å². The van der Waals surface area contributed by atoms with Gasteiger partial charge in [0.2, 0.25) is 10.0 Å².